The van der Waals surface area contributed by atoms with Crippen molar-refractivity contribution in [2.75, 3.05) is 11.9 Å². The van der Waals surface area contributed by atoms with E-state index in [0.29, 0.717) is 22.0 Å². The van der Waals surface area contributed by atoms with Crippen molar-refractivity contribution in [3.8, 4) is 5.75 Å². The van der Waals surface area contributed by atoms with Gasteiger partial charge in [0.15, 0.2) is 6.61 Å². The largest absolute Gasteiger partial charge is 0.482 e. The van der Waals surface area contributed by atoms with Crippen molar-refractivity contribution in [2.45, 2.75) is 6.42 Å². The third-order valence-electron chi connectivity index (χ3n) is 6.14. The minimum absolute atomic E-state index is 0.145. The molecule has 0 radical (unpaired) electrons. The van der Waals surface area contributed by atoms with Gasteiger partial charge in [0.1, 0.15) is 5.75 Å². The van der Waals surface area contributed by atoms with Gasteiger partial charge in [0.05, 0.1) is 23.1 Å². The van der Waals surface area contributed by atoms with Gasteiger partial charge in [-0.3, -0.25) is 14.4 Å². The number of amides is 3. The number of ether oxygens (including phenoxy) is 1. The Bertz CT molecular complexity index is 1120. The number of rotatable bonds is 6. The average Bonchev–Trinajstić information content (AvgIpc) is 3.47. The first-order valence-corrected chi connectivity index (χ1v) is 10.8. The molecule has 2 bridgehead atoms. The van der Waals surface area contributed by atoms with Gasteiger partial charge in [0.2, 0.25) is 0 Å². The second-order valence-corrected chi connectivity index (χ2v) is 8.53. The van der Waals surface area contributed by atoms with Crippen LogP contribution in [0.4, 0.5) is 5.69 Å². The lowest BCUT2D eigenvalue weighted by Gasteiger charge is -2.13. The molecule has 32 heavy (non-hydrogen) atoms. The molecule has 1 aliphatic heterocycles. The summed E-state index contributed by atoms with van der Waals surface area (Å²) in [6, 6.07) is 14.0. The summed E-state index contributed by atoms with van der Waals surface area (Å²) in [5.41, 5.74) is 1.28. The lowest BCUT2D eigenvalue weighted by Crippen LogP contribution is -2.28. The summed E-state index contributed by atoms with van der Waals surface area (Å²) in [6.45, 7) is -0.196. The first-order valence-electron chi connectivity index (χ1n) is 10.4. The first-order chi connectivity index (χ1) is 15.5. The van der Waals surface area contributed by atoms with E-state index in [2.05, 4.69) is 10.4 Å². The van der Waals surface area contributed by atoms with Gasteiger partial charge in [-0.15, -0.1) is 0 Å². The van der Waals surface area contributed by atoms with Crippen LogP contribution < -0.4 is 10.1 Å². The number of carbonyl (C=O) groups excluding carboxylic acids is 3. The Balaban J connectivity index is 1.20. The highest BCUT2D eigenvalue weighted by atomic mass is 35.5. The molecule has 0 spiro atoms. The Morgan fingerprint density at radius 2 is 1.78 bits per heavy atom. The van der Waals surface area contributed by atoms with Crippen molar-refractivity contribution < 1.29 is 19.1 Å². The maximum absolute atomic E-state index is 12.7. The van der Waals surface area contributed by atoms with Crippen molar-refractivity contribution in [2.24, 2.45) is 28.8 Å². The Morgan fingerprint density at radius 1 is 1.09 bits per heavy atom. The monoisotopic (exact) mass is 449 g/mol. The molecule has 2 aromatic rings. The van der Waals surface area contributed by atoms with Crippen LogP contribution >= 0.6 is 11.6 Å². The fraction of sp³-hybridized carbons (Fsp3) is 0.250. The van der Waals surface area contributed by atoms with Gasteiger partial charge < -0.3 is 10.1 Å². The van der Waals surface area contributed by atoms with Gasteiger partial charge in [-0.05, 0) is 54.2 Å². The number of nitrogens with one attached hydrogen (secondary N) is 1. The number of hydrazone groups is 1. The van der Waals surface area contributed by atoms with E-state index < -0.39 is 0 Å². The standard InChI is InChI=1S/C24H20ClN3O4/c25-18-10-14(6-9-19(18)32-13-20(29)27-17-4-2-1-3-5-17)12-26-28-23(30)21-15-7-8-16(11-15)22(21)24(28)31/h1-10,12,15-16,21-22H,11,13H2,(H,27,29). The Morgan fingerprint density at radius 3 is 2.44 bits per heavy atom. The van der Waals surface area contributed by atoms with Crippen LogP contribution in [0.3, 0.4) is 0 Å². The Hall–Kier alpha value is -3.45. The second-order valence-electron chi connectivity index (χ2n) is 8.13. The van der Waals surface area contributed by atoms with E-state index in [4.69, 9.17) is 16.3 Å². The van der Waals surface area contributed by atoms with Crippen LogP contribution in [0, 0.1) is 23.7 Å². The molecule has 1 saturated carbocycles. The number of anilines is 1. The van der Waals surface area contributed by atoms with Crippen molar-refractivity contribution in [1.82, 2.24) is 5.01 Å². The zero-order valence-corrected chi connectivity index (χ0v) is 17.7. The van der Waals surface area contributed by atoms with Gasteiger partial charge >= 0.3 is 0 Å². The maximum atomic E-state index is 12.7. The highest BCUT2D eigenvalue weighted by Gasteiger charge is 2.59. The van der Waals surface area contributed by atoms with Crippen molar-refractivity contribution in [3.05, 3.63) is 71.3 Å². The number of para-hydroxylation sites is 1. The van der Waals surface area contributed by atoms with Gasteiger partial charge in [-0.1, -0.05) is 42.0 Å². The Kier molecular flexibility index (Phi) is 5.27. The molecule has 1 N–H and O–H groups in total. The zero-order valence-electron chi connectivity index (χ0n) is 17.0. The normalized spacial score (nSPS) is 25.6. The van der Waals surface area contributed by atoms with Crippen LogP contribution in [-0.2, 0) is 14.4 Å². The van der Waals surface area contributed by atoms with Crippen LogP contribution in [0.2, 0.25) is 5.02 Å². The van der Waals surface area contributed by atoms with Crippen molar-refractivity contribution in [3.63, 3.8) is 0 Å². The summed E-state index contributed by atoms with van der Waals surface area (Å²) in [5.74, 6) is -0.701. The highest BCUT2D eigenvalue weighted by Crippen LogP contribution is 2.52. The predicted molar refractivity (Wildman–Crippen MR) is 119 cm³/mol. The predicted octanol–water partition coefficient (Wildman–Crippen LogP) is 3.50. The zero-order chi connectivity index (χ0) is 22.2. The molecular weight excluding hydrogens is 430 g/mol. The maximum Gasteiger partial charge on any atom is 0.262 e. The molecule has 4 atom stereocenters. The first kappa shape index (κ1) is 20.5. The summed E-state index contributed by atoms with van der Waals surface area (Å²) in [5, 5.41) is 8.16. The van der Waals surface area contributed by atoms with Gasteiger partial charge in [0, 0.05) is 5.69 Å². The van der Waals surface area contributed by atoms with E-state index in [1.165, 1.54) is 6.21 Å². The molecule has 162 valence electrons. The number of allylic oxidation sites excluding steroid dienone is 2. The third-order valence-corrected chi connectivity index (χ3v) is 6.44. The molecule has 3 aliphatic rings. The van der Waals surface area contributed by atoms with Crippen LogP contribution in [-0.4, -0.2) is 35.6 Å². The number of imide groups is 1. The van der Waals surface area contributed by atoms with Gasteiger partial charge in [-0.2, -0.15) is 10.1 Å². The third kappa shape index (κ3) is 3.69. The van der Waals surface area contributed by atoms with E-state index in [-0.39, 0.29) is 48.0 Å². The van der Waals surface area contributed by atoms with E-state index >= 15 is 0 Å². The minimum Gasteiger partial charge on any atom is -0.482 e. The fourth-order valence-corrected chi connectivity index (χ4v) is 4.94. The molecule has 2 fully saturated rings. The van der Waals surface area contributed by atoms with E-state index in [9.17, 15) is 14.4 Å². The number of fused-ring (bicyclic) bond motifs is 5. The number of hydrogen-bond donors (Lipinski definition) is 1. The summed E-state index contributed by atoms with van der Waals surface area (Å²) in [6.07, 6.45) is 6.40. The van der Waals surface area contributed by atoms with Crippen LogP contribution in [0.1, 0.15) is 12.0 Å². The molecule has 8 heteroatoms. The molecule has 1 heterocycles. The van der Waals surface area contributed by atoms with Crippen LogP contribution in [0.25, 0.3) is 0 Å². The molecule has 2 aliphatic carbocycles. The lowest BCUT2D eigenvalue weighted by molar-refractivity contribution is -0.140. The molecule has 7 nitrogen and oxygen atoms in total. The summed E-state index contributed by atoms with van der Waals surface area (Å²) in [7, 11) is 0. The van der Waals surface area contributed by atoms with E-state index in [1.807, 2.05) is 30.4 Å². The number of hydrogen-bond acceptors (Lipinski definition) is 5. The molecule has 2 aromatic carbocycles. The molecule has 5 rings (SSSR count). The van der Waals surface area contributed by atoms with E-state index in [0.717, 1.165) is 11.4 Å². The molecule has 0 aromatic heterocycles. The summed E-state index contributed by atoms with van der Waals surface area (Å²) < 4.78 is 5.50. The second kappa shape index (κ2) is 8.24. The van der Waals surface area contributed by atoms with E-state index in [1.54, 1.807) is 30.3 Å². The number of carbonyl (C=O) groups is 3. The highest BCUT2D eigenvalue weighted by molar-refractivity contribution is 6.32. The van der Waals surface area contributed by atoms with Crippen LogP contribution in [0.15, 0.2) is 65.8 Å². The van der Waals surface area contributed by atoms with Gasteiger partial charge in [0.25, 0.3) is 17.7 Å². The SMILES string of the molecule is O=C(COc1ccc(C=NN2C(=O)C3C4C=CC(C4)C3C2=O)cc1Cl)Nc1ccccc1. The van der Waals surface area contributed by atoms with Crippen molar-refractivity contribution >= 4 is 41.2 Å². The summed E-state index contributed by atoms with van der Waals surface area (Å²) in [4.78, 5) is 37.4. The Labute approximate surface area is 189 Å². The molecular formula is C24H20ClN3O4. The number of benzene rings is 2. The fourth-order valence-electron chi connectivity index (χ4n) is 4.70. The van der Waals surface area contributed by atoms with Crippen LogP contribution in [0.5, 0.6) is 5.75 Å². The van der Waals surface area contributed by atoms with Gasteiger partial charge in [-0.25, -0.2) is 0 Å². The van der Waals surface area contributed by atoms with Crippen molar-refractivity contribution in [1.29, 1.82) is 0 Å². The number of nitrogens with zero attached hydrogens (tertiary/aromatic N) is 2. The summed E-state index contributed by atoms with van der Waals surface area (Å²) >= 11 is 6.28. The average molecular weight is 450 g/mol. The number of halogens is 1. The quantitative estimate of drug-likeness (QED) is 0.415. The smallest absolute Gasteiger partial charge is 0.262 e. The lowest BCUT2D eigenvalue weighted by atomic mass is 9.85. The molecule has 3 amide bonds. The molecule has 1 saturated heterocycles. The minimum atomic E-state index is -0.307. The topological polar surface area (TPSA) is 88.1 Å². The molecule has 4 unspecified atom stereocenters.